The fourth-order valence-corrected chi connectivity index (χ4v) is 2.52. The van der Waals surface area contributed by atoms with Crippen LogP contribution in [0.25, 0.3) is 0 Å². The summed E-state index contributed by atoms with van der Waals surface area (Å²) in [5.74, 6) is 2.18. The number of nitrogens with one attached hydrogen (secondary N) is 1. The highest BCUT2D eigenvalue weighted by atomic mass is 15.4. The van der Waals surface area contributed by atoms with Gasteiger partial charge in [0, 0.05) is 51.7 Å². The first-order valence-electron chi connectivity index (χ1n) is 7.33. The van der Waals surface area contributed by atoms with E-state index in [2.05, 4.69) is 48.1 Å². The molecule has 21 heavy (non-hydrogen) atoms. The van der Waals surface area contributed by atoms with E-state index in [0.29, 0.717) is 6.04 Å². The van der Waals surface area contributed by atoms with Crippen LogP contribution in [-0.2, 0) is 27.2 Å². The Morgan fingerprint density at radius 3 is 2.62 bits per heavy atom. The van der Waals surface area contributed by atoms with Gasteiger partial charge in [0.25, 0.3) is 0 Å². The van der Waals surface area contributed by atoms with Gasteiger partial charge in [-0.25, -0.2) is 4.98 Å². The molecule has 116 valence electrons. The van der Waals surface area contributed by atoms with Crippen LogP contribution < -0.4 is 10.2 Å². The fraction of sp³-hybridized carbons (Fsp3) is 0.600. The van der Waals surface area contributed by atoms with E-state index in [9.17, 15) is 0 Å². The molecule has 0 aliphatic rings. The van der Waals surface area contributed by atoms with Gasteiger partial charge in [0.15, 0.2) is 0 Å². The van der Waals surface area contributed by atoms with E-state index in [1.165, 1.54) is 5.56 Å². The molecule has 6 nitrogen and oxygen atoms in total. The molecule has 0 amide bonds. The molecule has 2 aromatic heterocycles. The van der Waals surface area contributed by atoms with Gasteiger partial charge in [-0.2, -0.15) is 5.10 Å². The van der Waals surface area contributed by atoms with E-state index in [4.69, 9.17) is 0 Å². The van der Waals surface area contributed by atoms with Crippen molar-refractivity contribution < 1.29 is 0 Å². The maximum atomic E-state index is 4.57. The third kappa shape index (κ3) is 3.44. The summed E-state index contributed by atoms with van der Waals surface area (Å²) < 4.78 is 4.00. The topological polar surface area (TPSA) is 50.9 Å². The molecule has 0 radical (unpaired) electrons. The van der Waals surface area contributed by atoms with Crippen molar-refractivity contribution in [3.63, 3.8) is 0 Å². The van der Waals surface area contributed by atoms with Crippen LogP contribution in [-0.4, -0.2) is 32.4 Å². The van der Waals surface area contributed by atoms with E-state index in [1.54, 1.807) is 0 Å². The Kier molecular flexibility index (Phi) is 4.67. The number of hydrogen-bond acceptors (Lipinski definition) is 4. The Hall–Kier alpha value is -1.82. The number of nitrogens with zero attached hydrogens (tertiary/aromatic N) is 5. The summed E-state index contributed by atoms with van der Waals surface area (Å²) in [6, 6.07) is 0.456. The number of aromatic nitrogens is 4. The molecule has 2 heterocycles. The number of aryl methyl sites for hydroxylation is 3. The maximum Gasteiger partial charge on any atom is 0.131 e. The van der Waals surface area contributed by atoms with Crippen LogP contribution in [0.3, 0.4) is 0 Å². The van der Waals surface area contributed by atoms with E-state index >= 15 is 0 Å². The maximum absolute atomic E-state index is 4.57. The molecule has 0 bridgehead atoms. The van der Waals surface area contributed by atoms with Crippen molar-refractivity contribution in [1.29, 1.82) is 0 Å². The zero-order valence-electron chi connectivity index (χ0n) is 13.9. The van der Waals surface area contributed by atoms with Crippen molar-refractivity contribution in [2.45, 2.75) is 39.9 Å². The van der Waals surface area contributed by atoms with E-state index in [-0.39, 0.29) is 0 Å². The summed E-state index contributed by atoms with van der Waals surface area (Å²) in [4.78, 5) is 6.61. The minimum atomic E-state index is 0.456. The Morgan fingerprint density at radius 2 is 2.05 bits per heavy atom. The van der Waals surface area contributed by atoms with Gasteiger partial charge < -0.3 is 14.8 Å². The second-order valence-electron chi connectivity index (χ2n) is 5.86. The highest BCUT2D eigenvalue weighted by molar-refractivity contribution is 5.49. The molecule has 0 atom stereocenters. The molecule has 2 rings (SSSR count). The van der Waals surface area contributed by atoms with Gasteiger partial charge in [0.1, 0.15) is 11.6 Å². The third-order valence-electron chi connectivity index (χ3n) is 3.66. The predicted molar refractivity (Wildman–Crippen MR) is 85.2 cm³/mol. The van der Waals surface area contributed by atoms with Gasteiger partial charge >= 0.3 is 0 Å². The number of hydrogen-bond donors (Lipinski definition) is 1. The normalized spacial score (nSPS) is 11.4. The summed E-state index contributed by atoms with van der Waals surface area (Å²) in [5, 5.41) is 8.05. The van der Waals surface area contributed by atoms with Gasteiger partial charge in [-0.3, -0.25) is 4.68 Å². The van der Waals surface area contributed by atoms with Gasteiger partial charge in [0.2, 0.25) is 0 Å². The van der Waals surface area contributed by atoms with Crippen LogP contribution in [0.2, 0.25) is 0 Å². The fourth-order valence-electron chi connectivity index (χ4n) is 2.52. The summed E-state index contributed by atoms with van der Waals surface area (Å²) in [7, 11) is 6.10. The van der Waals surface area contributed by atoms with Crippen LogP contribution >= 0.6 is 0 Å². The summed E-state index contributed by atoms with van der Waals surface area (Å²) in [6.45, 7) is 7.97. The molecule has 0 spiro atoms. The Labute approximate surface area is 126 Å². The molecule has 0 aliphatic carbocycles. The van der Waals surface area contributed by atoms with E-state index in [0.717, 1.165) is 30.4 Å². The molecule has 0 saturated heterocycles. The Morgan fingerprint density at radius 1 is 1.33 bits per heavy atom. The van der Waals surface area contributed by atoms with Crippen LogP contribution in [0, 0.1) is 6.92 Å². The van der Waals surface area contributed by atoms with Gasteiger partial charge in [-0.1, -0.05) is 13.8 Å². The molecule has 0 saturated carbocycles. The summed E-state index contributed by atoms with van der Waals surface area (Å²) in [5.41, 5.74) is 2.33. The van der Waals surface area contributed by atoms with Crippen LogP contribution in [0.5, 0.6) is 0 Å². The van der Waals surface area contributed by atoms with E-state index in [1.807, 2.05) is 35.7 Å². The molecule has 0 aromatic carbocycles. The average molecular weight is 290 g/mol. The highest BCUT2D eigenvalue weighted by Gasteiger charge is 2.18. The van der Waals surface area contributed by atoms with Gasteiger partial charge in [-0.05, 0) is 6.92 Å². The SMILES string of the molecule is Cc1nn(C)c(N(C)Cc2nccn2C)c1CNC(C)C. The summed E-state index contributed by atoms with van der Waals surface area (Å²) >= 11 is 0. The van der Waals surface area contributed by atoms with Crippen LogP contribution in [0.15, 0.2) is 12.4 Å². The molecular weight excluding hydrogens is 264 g/mol. The van der Waals surface area contributed by atoms with Crippen molar-refractivity contribution in [3.8, 4) is 0 Å². The number of anilines is 1. The highest BCUT2D eigenvalue weighted by Crippen LogP contribution is 2.23. The van der Waals surface area contributed by atoms with Crippen molar-refractivity contribution in [1.82, 2.24) is 24.6 Å². The molecule has 1 N–H and O–H groups in total. The number of rotatable bonds is 6. The lowest BCUT2D eigenvalue weighted by Gasteiger charge is -2.21. The molecule has 0 aliphatic heterocycles. The Bertz CT molecular complexity index is 595. The van der Waals surface area contributed by atoms with Crippen LogP contribution in [0.4, 0.5) is 5.82 Å². The van der Waals surface area contributed by atoms with E-state index < -0.39 is 0 Å². The molecule has 0 unspecified atom stereocenters. The van der Waals surface area contributed by atoms with Crippen molar-refractivity contribution >= 4 is 5.82 Å². The smallest absolute Gasteiger partial charge is 0.131 e. The Balaban J connectivity index is 2.23. The zero-order valence-corrected chi connectivity index (χ0v) is 13.9. The minimum absolute atomic E-state index is 0.456. The first kappa shape index (κ1) is 15.6. The molecule has 2 aromatic rings. The standard InChI is InChI=1S/C15H26N6/c1-11(2)17-9-13-12(3)18-21(6)15(13)20(5)10-14-16-7-8-19(14)4/h7-8,11,17H,9-10H2,1-6H3. The van der Waals surface area contributed by atoms with Gasteiger partial charge in [-0.15, -0.1) is 0 Å². The van der Waals surface area contributed by atoms with Gasteiger partial charge in [0.05, 0.1) is 12.2 Å². The number of imidazole rings is 1. The molecule has 0 fully saturated rings. The average Bonchev–Trinajstić information content (AvgIpc) is 2.90. The first-order valence-corrected chi connectivity index (χ1v) is 7.33. The quantitative estimate of drug-likeness (QED) is 0.878. The third-order valence-corrected chi connectivity index (χ3v) is 3.66. The second kappa shape index (κ2) is 6.30. The monoisotopic (exact) mass is 290 g/mol. The molecular formula is C15H26N6. The second-order valence-corrected chi connectivity index (χ2v) is 5.86. The van der Waals surface area contributed by atoms with Crippen molar-refractivity contribution in [2.24, 2.45) is 14.1 Å². The lowest BCUT2D eigenvalue weighted by molar-refractivity contribution is 0.586. The minimum Gasteiger partial charge on any atom is -0.352 e. The van der Waals surface area contributed by atoms with Crippen LogP contribution in [0.1, 0.15) is 30.9 Å². The van der Waals surface area contributed by atoms with Crippen molar-refractivity contribution in [3.05, 3.63) is 29.5 Å². The van der Waals surface area contributed by atoms with Crippen molar-refractivity contribution in [2.75, 3.05) is 11.9 Å². The lowest BCUT2D eigenvalue weighted by atomic mass is 10.2. The summed E-state index contributed by atoms with van der Waals surface area (Å²) in [6.07, 6.45) is 3.80. The first-order chi connectivity index (χ1) is 9.90. The largest absolute Gasteiger partial charge is 0.352 e. The lowest BCUT2D eigenvalue weighted by Crippen LogP contribution is -2.26. The zero-order chi connectivity index (χ0) is 15.6. The predicted octanol–water partition coefficient (Wildman–Crippen LogP) is 1.60. The molecule has 6 heteroatoms.